The van der Waals surface area contributed by atoms with E-state index in [1.54, 1.807) is 6.92 Å². The number of nitrogens with one attached hydrogen (secondary N) is 1. The molecule has 21 heavy (non-hydrogen) atoms. The molecular weight excluding hydrogens is 277 g/mol. The first-order valence-corrected chi connectivity index (χ1v) is 7.03. The Morgan fingerprint density at radius 1 is 1.52 bits per heavy atom. The van der Waals surface area contributed by atoms with E-state index >= 15 is 0 Å². The zero-order valence-electron chi connectivity index (χ0n) is 12.0. The topological polar surface area (TPSA) is 67.8 Å². The summed E-state index contributed by atoms with van der Waals surface area (Å²) >= 11 is 0. The highest BCUT2D eigenvalue weighted by atomic mass is 19.1. The highest BCUT2D eigenvalue weighted by molar-refractivity contribution is 5.77. The lowest BCUT2D eigenvalue weighted by molar-refractivity contribution is -0.124. The van der Waals surface area contributed by atoms with Crippen LogP contribution in [0.15, 0.2) is 18.2 Å². The second-order valence-electron chi connectivity index (χ2n) is 5.10. The zero-order valence-corrected chi connectivity index (χ0v) is 12.0. The maximum absolute atomic E-state index is 13.2. The molecule has 116 valence electrons. The van der Waals surface area contributed by atoms with Gasteiger partial charge in [-0.15, -0.1) is 0 Å². The van der Waals surface area contributed by atoms with Crippen LogP contribution in [0.25, 0.3) is 0 Å². The quantitative estimate of drug-likeness (QED) is 0.865. The van der Waals surface area contributed by atoms with Gasteiger partial charge in [0.25, 0.3) is 5.91 Å². The van der Waals surface area contributed by atoms with Gasteiger partial charge in [-0.3, -0.25) is 4.79 Å². The number of hydrogen-bond acceptors (Lipinski definition) is 4. The Labute approximate surface area is 123 Å². The molecule has 0 saturated carbocycles. The van der Waals surface area contributed by atoms with Gasteiger partial charge in [0.05, 0.1) is 6.10 Å². The first-order valence-electron chi connectivity index (χ1n) is 7.03. The lowest BCUT2D eigenvalue weighted by Crippen LogP contribution is -2.41. The summed E-state index contributed by atoms with van der Waals surface area (Å²) in [5, 5.41) is 12.5. The molecule has 0 bridgehead atoms. The number of hydrogen-bond donors (Lipinski definition) is 2. The van der Waals surface area contributed by atoms with E-state index in [9.17, 15) is 14.3 Å². The van der Waals surface area contributed by atoms with Crippen LogP contribution in [0.4, 0.5) is 4.39 Å². The number of ether oxygens (including phenoxy) is 2. The lowest BCUT2D eigenvalue weighted by Gasteiger charge is -2.23. The van der Waals surface area contributed by atoms with Gasteiger partial charge in [0, 0.05) is 30.9 Å². The Bertz CT molecular complexity index is 487. The van der Waals surface area contributed by atoms with Crippen LogP contribution < -0.4 is 10.1 Å². The molecule has 0 aliphatic carbocycles. The molecule has 0 radical (unpaired) electrons. The monoisotopic (exact) mass is 297 g/mol. The summed E-state index contributed by atoms with van der Waals surface area (Å²) in [5.41, 5.74) is 0.454. The Morgan fingerprint density at radius 2 is 2.24 bits per heavy atom. The van der Waals surface area contributed by atoms with Crippen molar-refractivity contribution in [2.45, 2.75) is 31.9 Å². The van der Waals surface area contributed by atoms with Gasteiger partial charge in [0.1, 0.15) is 11.6 Å². The normalized spacial score (nSPS) is 17.3. The highest BCUT2D eigenvalue weighted by Crippen LogP contribution is 2.25. The second-order valence-corrected chi connectivity index (χ2v) is 5.10. The Hall–Kier alpha value is -1.66. The van der Waals surface area contributed by atoms with Crippen LogP contribution in [0, 0.1) is 5.82 Å². The summed E-state index contributed by atoms with van der Waals surface area (Å²) in [6.07, 6.45) is 0.772. The SMILES string of the molecule is CC(O)c1ccc(F)cc1OCC(=O)NC1CCOCC1. The third-order valence-corrected chi connectivity index (χ3v) is 3.37. The van der Waals surface area contributed by atoms with Crippen LogP contribution in [-0.2, 0) is 9.53 Å². The Morgan fingerprint density at radius 3 is 2.90 bits per heavy atom. The van der Waals surface area contributed by atoms with Gasteiger partial charge in [0.2, 0.25) is 0 Å². The molecule has 1 amide bonds. The average Bonchev–Trinajstić information content (AvgIpc) is 2.46. The third-order valence-electron chi connectivity index (χ3n) is 3.37. The van der Waals surface area contributed by atoms with Crippen LogP contribution in [-0.4, -0.2) is 36.9 Å². The smallest absolute Gasteiger partial charge is 0.258 e. The fourth-order valence-corrected chi connectivity index (χ4v) is 2.23. The number of benzene rings is 1. The molecule has 1 atom stereocenters. The van der Waals surface area contributed by atoms with Crippen LogP contribution in [0.2, 0.25) is 0 Å². The van der Waals surface area contributed by atoms with Crippen LogP contribution in [0.3, 0.4) is 0 Å². The minimum Gasteiger partial charge on any atom is -0.483 e. The number of rotatable bonds is 5. The molecule has 1 aliphatic rings. The molecule has 1 fully saturated rings. The fourth-order valence-electron chi connectivity index (χ4n) is 2.23. The molecule has 2 rings (SSSR count). The van der Waals surface area contributed by atoms with E-state index in [1.165, 1.54) is 18.2 Å². The van der Waals surface area contributed by atoms with Crippen LogP contribution >= 0.6 is 0 Å². The molecule has 6 heteroatoms. The fraction of sp³-hybridized carbons (Fsp3) is 0.533. The van der Waals surface area contributed by atoms with E-state index in [1.807, 2.05) is 0 Å². The number of carbonyl (C=O) groups is 1. The standard InChI is InChI=1S/C15H20FNO4/c1-10(18)13-3-2-11(16)8-14(13)21-9-15(19)17-12-4-6-20-7-5-12/h2-3,8,10,12,18H,4-7,9H2,1H3,(H,17,19). The minimum atomic E-state index is -0.792. The first kappa shape index (κ1) is 15.7. The van der Waals surface area contributed by atoms with Crippen molar-refractivity contribution in [3.8, 4) is 5.75 Å². The number of halogens is 1. The summed E-state index contributed by atoms with van der Waals surface area (Å²) in [5.74, 6) is -0.547. The maximum atomic E-state index is 13.2. The number of aliphatic hydroxyl groups is 1. The molecule has 1 aromatic rings. The van der Waals surface area contributed by atoms with Crippen molar-refractivity contribution in [2.75, 3.05) is 19.8 Å². The lowest BCUT2D eigenvalue weighted by atomic mass is 10.1. The van der Waals surface area contributed by atoms with E-state index in [4.69, 9.17) is 9.47 Å². The zero-order chi connectivity index (χ0) is 15.2. The largest absolute Gasteiger partial charge is 0.483 e. The predicted octanol–water partition coefficient (Wildman–Crippen LogP) is 1.55. The molecule has 1 saturated heterocycles. The van der Waals surface area contributed by atoms with E-state index in [0.717, 1.165) is 12.8 Å². The molecule has 1 unspecified atom stereocenters. The Kier molecular flexibility index (Phi) is 5.52. The highest BCUT2D eigenvalue weighted by Gasteiger charge is 2.17. The predicted molar refractivity (Wildman–Crippen MR) is 74.5 cm³/mol. The van der Waals surface area contributed by atoms with Gasteiger partial charge in [0.15, 0.2) is 6.61 Å². The van der Waals surface area contributed by atoms with Crippen molar-refractivity contribution in [3.63, 3.8) is 0 Å². The van der Waals surface area contributed by atoms with Crippen molar-refractivity contribution >= 4 is 5.91 Å². The van der Waals surface area contributed by atoms with Gasteiger partial charge < -0.3 is 19.9 Å². The van der Waals surface area contributed by atoms with Gasteiger partial charge in [-0.05, 0) is 31.9 Å². The Balaban J connectivity index is 1.89. The number of aliphatic hydroxyl groups excluding tert-OH is 1. The second kappa shape index (κ2) is 7.38. The van der Waals surface area contributed by atoms with Crippen LogP contribution in [0.5, 0.6) is 5.75 Å². The van der Waals surface area contributed by atoms with E-state index < -0.39 is 11.9 Å². The van der Waals surface area contributed by atoms with E-state index in [0.29, 0.717) is 18.8 Å². The molecule has 0 aromatic heterocycles. The first-order chi connectivity index (χ1) is 10.1. The molecule has 1 aromatic carbocycles. The molecule has 1 heterocycles. The van der Waals surface area contributed by atoms with Crippen molar-refractivity contribution in [1.82, 2.24) is 5.32 Å². The number of amides is 1. The third kappa shape index (κ3) is 4.68. The summed E-state index contributed by atoms with van der Waals surface area (Å²) in [6, 6.07) is 3.96. The minimum absolute atomic E-state index is 0.0959. The maximum Gasteiger partial charge on any atom is 0.258 e. The summed E-state index contributed by atoms with van der Waals surface area (Å²) < 4.78 is 23.8. The van der Waals surface area contributed by atoms with Gasteiger partial charge in [-0.2, -0.15) is 0 Å². The molecular formula is C15H20FNO4. The van der Waals surface area contributed by atoms with Crippen LogP contribution in [0.1, 0.15) is 31.4 Å². The van der Waals surface area contributed by atoms with Gasteiger partial charge in [-0.25, -0.2) is 4.39 Å². The van der Waals surface area contributed by atoms with Crippen molar-refractivity contribution in [1.29, 1.82) is 0 Å². The van der Waals surface area contributed by atoms with Gasteiger partial charge >= 0.3 is 0 Å². The van der Waals surface area contributed by atoms with Crippen molar-refractivity contribution < 1.29 is 23.8 Å². The van der Waals surface area contributed by atoms with E-state index in [-0.39, 0.29) is 24.3 Å². The summed E-state index contributed by atoms with van der Waals surface area (Å²) in [7, 11) is 0. The molecule has 5 nitrogen and oxygen atoms in total. The molecule has 1 aliphatic heterocycles. The molecule has 2 N–H and O–H groups in total. The van der Waals surface area contributed by atoms with Gasteiger partial charge in [-0.1, -0.05) is 0 Å². The summed E-state index contributed by atoms with van der Waals surface area (Å²) in [4.78, 5) is 11.8. The van der Waals surface area contributed by atoms with Crippen molar-refractivity contribution in [2.24, 2.45) is 0 Å². The van der Waals surface area contributed by atoms with Crippen molar-refractivity contribution in [3.05, 3.63) is 29.6 Å². The number of carbonyl (C=O) groups excluding carboxylic acids is 1. The summed E-state index contributed by atoms with van der Waals surface area (Å²) in [6.45, 7) is 2.63. The molecule has 0 spiro atoms. The average molecular weight is 297 g/mol. The van der Waals surface area contributed by atoms with E-state index in [2.05, 4.69) is 5.32 Å².